The van der Waals surface area contributed by atoms with Gasteiger partial charge in [-0.1, -0.05) is 31.8 Å². The maximum Gasteiger partial charge on any atom is 0.137 e. The lowest BCUT2D eigenvalue weighted by Gasteiger charge is -2.37. The first-order valence-electron chi connectivity index (χ1n) is 12.9. The molecule has 0 radical (unpaired) electrons. The molecule has 2 aromatic rings. The van der Waals surface area contributed by atoms with Gasteiger partial charge in [-0.15, -0.1) is 4.72 Å². The quantitative estimate of drug-likeness (QED) is 0.221. The third-order valence-electron chi connectivity index (χ3n) is 6.75. The molecule has 0 spiro atoms. The van der Waals surface area contributed by atoms with Crippen LogP contribution in [0.4, 0.5) is 0 Å². The highest BCUT2D eigenvalue weighted by atomic mass is 32.2. The summed E-state index contributed by atoms with van der Waals surface area (Å²) in [6, 6.07) is 13.4. The van der Waals surface area contributed by atoms with E-state index in [9.17, 15) is 9.81 Å². The van der Waals surface area contributed by atoms with Gasteiger partial charge >= 0.3 is 0 Å². The highest BCUT2D eigenvalue weighted by molar-refractivity contribution is 7.90. The van der Waals surface area contributed by atoms with E-state index in [0.29, 0.717) is 25.3 Å². The Hall–Kier alpha value is -1.86. The highest BCUT2D eigenvalue weighted by Crippen LogP contribution is 2.43. The maximum atomic E-state index is 13.5. The van der Waals surface area contributed by atoms with E-state index in [-0.39, 0.29) is 12.2 Å². The number of fused-ring (bicyclic) bond motifs is 1. The zero-order valence-electron chi connectivity index (χ0n) is 23.9. The monoisotopic (exact) mass is 541 g/mol. The van der Waals surface area contributed by atoms with E-state index in [4.69, 9.17) is 9.47 Å². The first-order valence-corrected chi connectivity index (χ1v) is 17.8. The molecule has 0 aromatic heterocycles. The molecule has 37 heavy (non-hydrogen) atoms. The lowest BCUT2D eigenvalue weighted by molar-refractivity contribution is 0.0440. The molecule has 8 heteroatoms. The number of nitrogens with zero attached hydrogens (tertiary/aromatic N) is 2. The Balaban J connectivity index is 2.08. The van der Waals surface area contributed by atoms with Gasteiger partial charge in [-0.2, -0.15) is 5.26 Å². The van der Waals surface area contributed by atoms with Gasteiger partial charge in [0.05, 0.1) is 31.4 Å². The summed E-state index contributed by atoms with van der Waals surface area (Å²) >= 11 is -1.33. The molecule has 0 fully saturated rings. The number of rotatable bonds is 10. The van der Waals surface area contributed by atoms with Crippen LogP contribution in [-0.2, 0) is 22.6 Å². The van der Waals surface area contributed by atoms with Gasteiger partial charge in [-0.25, -0.2) is 0 Å². The minimum Gasteiger partial charge on any atom is -0.598 e. The zero-order valence-corrected chi connectivity index (χ0v) is 25.7. The Morgan fingerprint density at radius 3 is 2.51 bits per heavy atom. The average Bonchev–Trinajstić information content (AvgIpc) is 3.16. The molecule has 2 aromatic carbocycles. The summed E-state index contributed by atoms with van der Waals surface area (Å²) in [5.41, 5.74) is 6.07. The molecule has 6 nitrogen and oxygen atoms in total. The number of benzene rings is 2. The van der Waals surface area contributed by atoms with Gasteiger partial charge in [0.25, 0.3) is 0 Å². The molecule has 1 aliphatic heterocycles. The third kappa shape index (κ3) is 7.38. The van der Waals surface area contributed by atoms with Crippen molar-refractivity contribution in [1.29, 1.82) is 5.26 Å². The topological polar surface area (TPSA) is 80.6 Å². The summed E-state index contributed by atoms with van der Waals surface area (Å²) < 4.78 is 28.7. The van der Waals surface area contributed by atoms with Crippen molar-refractivity contribution in [3.63, 3.8) is 0 Å². The zero-order chi connectivity index (χ0) is 27.5. The van der Waals surface area contributed by atoms with Gasteiger partial charge in [-0.3, -0.25) is 4.90 Å². The van der Waals surface area contributed by atoms with Gasteiger partial charge in [0.1, 0.15) is 16.7 Å². The summed E-state index contributed by atoms with van der Waals surface area (Å²) in [6.07, 6.45) is -0.376. The Bertz CT molecular complexity index is 1140. The van der Waals surface area contributed by atoms with Crippen molar-refractivity contribution in [3.8, 4) is 11.8 Å². The molecular formula is C29H43N3O3SSi. The van der Waals surface area contributed by atoms with Crippen molar-refractivity contribution in [1.82, 2.24) is 9.62 Å². The minimum absolute atomic E-state index is 0.0928. The van der Waals surface area contributed by atoms with Crippen molar-refractivity contribution >= 4 is 19.4 Å². The number of methoxy groups -OCH3 is 1. The molecule has 3 rings (SSSR count). The van der Waals surface area contributed by atoms with Crippen LogP contribution in [0.15, 0.2) is 30.3 Å². The summed E-state index contributed by atoms with van der Waals surface area (Å²) in [6.45, 7) is 19.0. The number of hydrogen-bond acceptors (Lipinski definition) is 6. The number of aryl methyl sites for hydroxylation is 2. The molecule has 0 amide bonds. The molecule has 202 valence electrons. The van der Waals surface area contributed by atoms with Crippen LogP contribution < -0.4 is 9.46 Å². The number of nitriles is 1. The fraction of sp³-hybridized carbons (Fsp3) is 0.552. The van der Waals surface area contributed by atoms with Crippen molar-refractivity contribution in [3.05, 3.63) is 63.7 Å². The van der Waals surface area contributed by atoms with Crippen LogP contribution >= 0.6 is 0 Å². The predicted octanol–water partition coefficient (Wildman–Crippen LogP) is 6.15. The Morgan fingerprint density at radius 1 is 1.22 bits per heavy atom. The van der Waals surface area contributed by atoms with Gasteiger partial charge in [-0.05, 0) is 81.1 Å². The Kier molecular flexibility index (Phi) is 9.54. The van der Waals surface area contributed by atoms with Crippen LogP contribution in [0.25, 0.3) is 0 Å². The van der Waals surface area contributed by atoms with Crippen molar-refractivity contribution < 1.29 is 14.0 Å². The molecule has 3 atom stereocenters. The molecule has 0 aliphatic carbocycles. The predicted molar refractivity (Wildman–Crippen MR) is 155 cm³/mol. The second-order valence-corrected chi connectivity index (χ2v) is 19.8. The van der Waals surface area contributed by atoms with Gasteiger partial charge in [0, 0.05) is 38.2 Å². The summed E-state index contributed by atoms with van der Waals surface area (Å²) in [4.78, 5) is 2.32. The lowest BCUT2D eigenvalue weighted by Crippen LogP contribution is -2.47. The molecule has 0 bridgehead atoms. The number of ether oxygens (including phenoxy) is 2. The van der Waals surface area contributed by atoms with Crippen LogP contribution in [0, 0.1) is 25.2 Å². The van der Waals surface area contributed by atoms with Crippen LogP contribution in [0.3, 0.4) is 0 Å². The molecule has 1 aliphatic rings. The number of hydrogen-bond donors (Lipinski definition) is 1. The SMILES string of the molecule is COc1cc(C)cc(C)c1C(N[S+]([O-])C(C)(C)C)N1Cc2ccc(C#N)cc2C1COCC[Si](C)(C)C. The third-order valence-corrected chi connectivity index (χ3v) is 10.0. The van der Waals surface area contributed by atoms with E-state index in [1.165, 1.54) is 0 Å². The summed E-state index contributed by atoms with van der Waals surface area (Å²) in [5, 5.41) is 9.59. The molecule has 0 saturated carbocycles. The van der Waals surface area contributed by atoms with E-state index < -0.39 is 24.2 Å². The summed E-state index contributed by atoms with van der Waals surface area (Å²) in [7, 11) is 0.454. The molecule has 3 unspecified atom stereocenters. The second-order valence-electron chi connectivity index (χ2n) is 12.2. The lowest BCUT2D eigenvalue weighted by atomic mass is 10.00. The highest BCUT2D eigenvalue weighted by Gasteiger charge is 2.41. The van der Waals surface area contributed by atoms with Crippen LogP contribution in [0.1, 0.15) is 66.4 Å². The van der Waals surface area contributed by atoms with E-state index in [0.717, 1.165) is 39.6 Å². The molecule has 0 saturated heterocycles. The first kappa shape index (κ1) is 29.7. The maximum absolute atomic E-state index is 13.5. The molecule has 1 heterocycles. The second kappa shape index (κ2) is 11.9. The van der Waals surface area contributed by atoms with E-state index >= 15 is 0 Å². The largest absolute Gasteiger partial charge is 0.598 e. The van der Waals surface area contributed by atoms with E-state index in [2.05, 4.69) is 55.2 Å². The van der Waals surface area contributed by atoms with E-state index in [1.54, 1.807) is 7.11 Å². The summed E-state index contributed by atoms with van der Waals surface area (Å²) in [5.74, 6) is 0.771. The van der Waals surface area contributed by atoms with Crippen molar-refractivity contribution in [2.45, 2.75) is 83.8 Å². The Labute approximate surface area is 227 Å². The van der Waals surface area contributed by atoms with Crippen molar-refractivity contribution in [2.75, 3.05) is 20.3 Å². The first-order chi connectivity index (χ1) is 17.2. The smallest absolute Gasteiger partial charge is 0.137 e. The van der Waals surface area contributed by atoms with Crippen LogP contribution in [0.5, 0.6) is 5.75 Å². The fourth-order valence-electron chi connectivity index (χ4n) is 4.66. The number of nitrogens with one attached hydrogen (secondary N) is 1. The molecular weight excluding hydrogens is 498 g/mol. The fourth-order valence-corrected chi connectivity index (χ4v) is 6.23. The standard InChI is InChI=1S/C29H43N3O3SSi/c1-20-14-21(2)27(26(15-20)34-6)28(31-36(33)29(3,4)5)32-18-23-11-10-22(17-30)16-24(23)25(32)19-35-12-13-37(7,8)9/h10-11,14-16,25,28,31H,12-13,18-19H2,1-9H3. The van der Waals surface area contributed by atoms with Gasteiger partial charge in [0.2, 0.25) is 0 Å². The van der Waals surface area contributed by atoms with Crippen molar-refractivity contribution in [2.24, 2.45) is 0 Å². The van der Waals surface area contributed by atoms with Crippen LogP contribution in [0.2, 0.25) is 25.7 Å². The van der Waals surface area contributed by atoms with Gasteiger partial charge < -0.3 is 14.0 Å². The Morgan fingerprint density at radius 2 is 1.92 bits per heavy atom. The van der Waals surface area contributed by atoms with Crippen LogP contribution in [-0.4, -0.2) is 42.6 Å². The van der Waals surface area contributed by atoms with E-state index in [1.807, 2.05) is 45.0 Å². The van der Waals surface area contributed by atoms with Gasteiger partial charge in [0.15, 0.2) is 0 Å². The normalized spacial score (nSPS) is 17.8. The average molecular weight is 542 g/mol. The minimum atomic E-state index is -1.33. The molecule has 1 N–H and O–H groups in total.